The normalized spacial score (nSPS) is 44.4. The van der Waals surface area contributed by atoms with Crippen molar-refractivity contribution in [1.82, 2.24) is 20.1 Å². The van der Waals surface area contributed by atoms with E-state index in [9.17, 15) is 9.90 Å². The number of carbonyl (C=O) groups excluding carboxylic acids is 1. The molecular weight excluding hydrogens is 558 g/mol. The van der Waals surface area contributed by atoms with Crippen LogP contribution in [-0.4, -0.2) is 68.3 Å². The molecule has 5 heterocycles. The summed E-state index contributed by atoms with van der Waals surface area (Å²) in [7, 11) is 0. The Morgan fingerprint density at radius 1 is 1.29 bits per heavy atom. The number of aliphatic hydroxyl groups is 1. The third kappa shape index (κ3) is 2.06. The molecule has 0 bridgehead atoms. The van der Waals surface area contributed by atoms with Gasteiger partial charge in [-0.1, -0.05) is 0 Å². The summed E-state index contributed by atoms with van der Waals surface area (Å²) < 4.78 is 3.22. The summed E-state index contributed by atoms with van der Waals surface area (Å²) in [5.41, 5.74) is 16.6. The fraction of sp³-hybridized carbons (Fsp3) is 0.588. The van der Waals surface area contributed by atoms with Crippen molar-refractivity contribution in [2.45, 2.75) is 29.0 Å². The number of hydrogen-bond donors (Lipinski definition) is 6. The van der Waals surface area contributed by atoms with Crippen molar-refractivity contribution >= 4 is 61.3 Å². The Hall–Kier alpha value is -1.54. The van der Waals surface area contributed by atoms with E-state index >= 15 is 0 Å². The van der Waals surface area contributed by atoms with Crippen molar-refractivity contribution in [2.75, 3.05) is 13.1 Å². The number of guanidine groups is 2. The van der Waals surface area contributed by atoms with Crippen LogP contribution in [0.2, 0.25) is 0 Å². The lowest BCUT2D eigenvalue weighted by Gasteiger charge is -2.51. The molecule has 1 aromatic rings. The molecule has 8 atom stereocenters. The minimum Gasteiger partial charge on any atom is -0.370 e. The Morgan fingerprint density at radius 2 is 2.00 bits per heavy atom. The molecule has 14 heteroatoms. The van der Waals surface area contributed by atoms with Gasteiger partial charge in [0.2, 0.25) is 0 Å². The van der Waals surface area contributed by atoms with Gasteiger partial charge in [0.15, 0.2) is 30.0 Å². The Labute approximate surface area is 198 Å². The first-order chi connectivity index (χ1) is 14.7. The third-order valence-electron chi connectivity index (χ3n) is 7.57. The highest BCUT2D eigenvalue weighted by Gasteiger charge is 2.79. The Kier molecular flexibility index (Phi) is 3.93. The van der Waals surface area contributed by atoms with E-state index in [-0.39, 0.29) is 36.2 Å². The van der Waals surface area contributed by atoms with E-state index < -0.39 is 34.9 Å². The minimum atomic E-state index is -1.21. The van der Waals surface area contributed by atoms with E-state index in [0.717, 1.165) is 4.47 Å². The highest BCUT2D eigenvalue weighted by molar-refractivity contribution is 9.13. The van der Waals surface area contributed by atoms with Crippen LogP contribution in [0.5, 0.6) is 0 Å². The molecule has 1 saturated carbocycles. The zero-order chi connectivity index (χ0) is 22.0. The third-order valence-corrected chi connectivity index (χ3v) is 10.2. The fourth-order valence-electron chi connectivity index (χ4n) is 6.60. The molecule has 1 aliphatic carbocycles. The van der Waals surface area contributed by atoms with Crippen molar-refractivity contribution in [1.29, 1.82) is 0 Å². The summed E-state index contributed by atoms with van der Waals surface area (Å²) in [5.74, 6) is -0.639. The number of carbonyl (C=O) groups is 1. The lowest BCUT2D eigenvalue weighted by Crippen LogP contribution is -2.74. The number of aromatic nitrogens is 1. The van der Waals surface area contributed by atoms with Crippen LogP contribution in [0.15, 0.2) is 25.1 Å². The van der Waals surface area contributed by atoms with Crippen LogP contribution >= 0.6 is 43.5 Å². The number of nitrogens with two attached hydrogens (primary N) is 3. The smallest absolute Gasteiger partial charge is 0.272 e. The van der Waals surface area contributed by atoms with Crippen LogP contribution in [0.1, 0.15) is 16.7 Å². The summed E-state index contributed by atoms with van der Waals surface area (Å²) in [6.07, 6.45) is -1.81. The number of rotatable bonds is 1. The lowest BCUT2D eigenvalue weighted by atomic mass is 9.73. The summed E-state index contributed by atoms with van der Waals surface area (Å²) >= 11 is 14.0. The predicted octanol–water partition coefficient (Wildman–Crippen LogP) is -1.00. The quantitative estimate of drug-likeness (QED) is 0.232. The van der Waals surface area contributed by atoms with Crippen molar-refractivity contribution in [3.05, 3.63) is 20.8 Å². The van der Waals surface area contributed by atoms with E-state index in [1.54, 1.807) is 11.0 Å². The van der Waals surface area contributed by atoms with Crippen molar-refractivity contribution in [3.63, 3.8) is 0 Å². The van der Waals surface area contributed by atoms with Gasteiger partial charge < -0.3 is 42.4 Å². The molecule has 2 fully saturated rings. The molecule has 9 N–H and O–H groups in total. The molecule has 1 aromatic heterocycles. The van der Waals surface area contributed by atoms with Crippen LogP contribution in [0.25, 0.3) is 0 Å². The van der Waals surface area contributed by atoms with Gasteiger partial charge in [-0.05, 0) is 56.3 Å². The number of aliphatic imine (C=N–C) groups is 2. The van der Waals surface area contributed by atoms with Gasteiger partial charge in [0.05, 0.1) is 9.85 Å². The second kappa shape index (κ2) is 6.07. The second-order valence-corrected chi connectivity index (χ2v) is 10.8. The number of nitrogens with one attached hydrogen (secondary N) is 2. The maximum absolute atomic E-state index is 13.7. The van der Waals surface area contributed by atoms with Crippen LogP contribution in [0.3, 0.4) is 0 Å². The number of alkyl halides is 1. The number of fused-ring (bicyclic) bond motifs is 4. The van der Waals surface area contributed by atoms with Gasteiger partial charge in [-0.2, -0.15) is 0 Å². The summed E-state index contributed by atoms with van der Waals surface area (Å²) in [6.45, 7) is 0.670. The van der Waals surface area contributed by atoms with Gasteiger partial charge in [0.1, 0.15) is 15.8 Å². The molecule has 1 amide bonds. The largest absolute Gasteiger partial charge is 0.370 e. The van der Waals surface area contributed by atoms with E-state index in [4.69, 9.17) is 28.8 Å². The maximum atomic E-state index is 13.7. The minimum absolute atomic E-state index is 0.0978. The van der Waals surface area contributed by atoms with Crippen LogP contribution in [0, 0.1) is 17.8 Å². The van der Waals surface area contributed by atoms with E-state index in [1.165, 1.54) is 0 Å². The highest BCUT2D eigenvalue weighted by Crippen LogP contribution is 2.63. The zero-order valence-corrected chi connectivity index (χ0v) is 19.9. The van der Waals surface area contributed by atoms with Gasteiger partial charge in [-0.25, -0.2) is 9.98 Å². The van der Waals surface area contributed by atoms with Crippen molar-refractivity contribution in [3.8, 4) is 0 Å². The molecular formula is C17H20Br2ClN9O2. The number of aliphatic hydroxyl groups excluding tert-OH is 1. The van der Waals surface area contributed by atoms with E-state index in [1.807, 2.05) is 4.57 Å². The standard InChI is InChI=1S/C17H20Br2ClN9O2/c18-6-1-7-11(30)28-3-5-4(2-21)9(20)16(13(31)25-15(23)26-16)8(5)17(28)12(24-14(22)27-17)29(7)10(6)19/h1,4-5,8-9,12-13,31H,2-3,21H2,(H3,22,24,27)(H3,23,25,26)/t4-,5+,8+,9-,12+,13+,16+,17-/m0/s1. The first-order valence-electron chi connectivity index (χ1n) is 9.81. The SMILES string of the molecule is NC[C@H]1[C@H]2CN3C(=O)c4cc(Br)c(Br)n4[C@H]4N=C(N)N[C@]43[C@H]2[C@@]2(NC(N)=N[C@@H]2O)[C@H]1Cl. The van der Waals surface area contributed by atoms with Crippen LogP contribution in [-0.2, 0) is 0 Å². The lowest BCUT2D eigenvalue weighted by molar-refractivity contribution is -0.0274. The van der Waals surface area contributed by atoms with Gasteiger partial charge in [-0.3, -0.25) is 4.79 Å². The molecule has 2 spiro atoms. The average molecular weight is 578 g/mol. The second-order valence-electron chi connectivity index (χ2n) is 8.68. The Bertz CT molecular complexity index is 1090. The first-order valence-corrected chi connectivity index (χ1v) is 11.8. The Balaban J connectivity index is 1.62. The van der Waals surface area contributed by atoms with E-state index in [0.29, 0.717) is 16.8 Å². The molecule has 4 aliphatic heterocycles. The molecule has 5 aliphatic rings. The maximum Gasteiger partial charge on any atom is 0.272 e. The zero-order valence-electron chi connectivity index (χ0n) is 16.0. The number of hydrogen-bond acceptors (Lipinski definition) is 9. The highest BCUT2D eigenvalue weighted by atomic mass is 79.9. The molecule has 1 saturated heterocycles. The molecule has 166 valence electrons. The monoisotopic (exact) mass is 575 g/mol. The van der Waals surface area contributed by atoms with Gasteiger partial charge in [-0.15, -0.1) is 11.6 Å². The molecule has 0 aromatic carbocycles. The van der Waals surface area contributed by atoms with Gasteiger partial charge in [0, 0.05) is 12.5 Å². The first kappa shape index (κ1) is 20.1. The molecule has 0 radical (unpaired) electrons. The number of amides is 1. The molecule has 11 nitrogen and oxygen atoms in total. The molecule has 31 heavy (non-hydrogen) atoms. The summed E-state index contributed by atoms with van der Waals surface area (Å²) in [4.78, 5) is 24.3. The number of nitrogens with zero attached hydrogens (tertiary/aromatic N) is 4. The van der Waals surface area contributed by atoms with E-state index in [2.05, 4.69) is 52.5 Å². The van der Waals surface area contributed by atoms with Gasteiger partial charge in [0.25, 0.3) is 5.91 Å². The Morgan fingerprint density at radius 3 is 2.65 bits per heavy atom. The topological polar surface area (TPSA) is 172 Å². The molecule has 6 rings (SSSR count). The summed E-state index contributed by atoms with van der Waals surface area (Å²) in [6, 6.07) is 1.76. The fourth-order valence-corrected chi connectivity index (χ4v) is 8.10. The van der Waals surface area contributed by atoms with Crippen LogP contribution < -0.4 is 27.8 Å². The molecule has 0 unspecified atom stereocenters. The van der Waals surface area contributed by atoms with Crippen molar-refractivity contribution in [2.24, 2.45) is 44.9 Å². The summed E-state index contributed by atoms with van der Waals surface area (Å²) in [5, 5.41) is 17.0. The van der Waals surface area contributed by atoms with Gasteiger partial charge >= 0.3 is 0 Å². The predicted molar refractivity (Wildman–Crippen MR) is 120 cm³/mol. The average Bonchev–Trinajstić information content (AvgIpc) is 3.43. The van der Waals surface area contributed by atoms with Crippen LogP contribution in [0.4, 0.5) is 0 Å². The number of halogens is 3. The van der Waals surface area contributed by atoms with Crippen molar-refractivity contribution < 1.29 is 9.90 Å².